The molecule has 0 bridgehead atoms. The van der Waals surface area contributed by atoms with Crippen LogP contribution in [0, 0.1) is 22.7 Å². The van der Waals surface area contributed by atoms with Gasteiger partial charge in [-0.2, -0.15) is 0 Å². The van der Waals surface area contributed by atoms with E-state index in [1.54, 1.807) is 23.0 Å². The number of hydrogen-bond acceptors (Lipinski definition) is 9. The Morgan fingerprint density at radius 1 is 1.00 bits per heavy atom. The molecule has 53 heavy (non-hydrogen) atoms. The molecule has 282 valence electrons. The van der Waals surface area contributed by atoms with E-state index >= 15 is 0 Å². The van der Waals surface area contributed by atoms with E-state index in [2.05, 4.69) is 39.3 Å². The topological polar surface area (TPSA) is 115 Å². The number of anilines is 1. The van der Waals surface area contributed by atoms with Gasteiger partial charge >= 0.3 is 0 Å². The lowest BCUT2D eigenvalue weighted by molar-refractivity contribution is 0.0984. The van der Waals surface area contributed by atoms with Crippen LogP contribution in [0.3, 0.4) is 0 Å². The highest BCUT2D eigenvalue weighted by molar-refractivity contribution is 7.97. The second-order valence-corrected chi connectivity index (χ2v) is 16.5. The number of nitrogens with one attached hydrogen (secondary N) is 3. The van der Waals surface area contributed by atoms with Gasteiger partial charge in [-0.15, -0.1) is 5.10 Å². The standard InChI is InChI=1S/C39H46ClN7O3S.C2H6/c1-37(2)23-27(24-42-37)9-6-18-41-31-21-28(50-25-26-7-4-3-5-8-26)22-34(43-31)51-46-36(48)29-10-11-32(44-35(29)40)47-19-12-33(45-47)49-20-13-30-38(14-15-38)39(30)16-17-39;1-2/h3-5,7-8,10-12,19,21-22,27,30,42H,6,9,13-18,20,23-25H2,1-2H3,(H,41,43)(H,46,48);1-2H3. The van der Waals surface area contributed by atoms with E-state index in [9.17, 15) is 4.79 Å². The molecule has 4 fully saturated rings. The monoisotopic (exact) mass is 757 g/mol. The van der Waals surface area contributed by atoms with Gasteiger partial charge in [0.15, 0.2) is 5.82 Å². The van der Waals surface area contributed by atoms with Crippen molar-refractivity contribution in [2.75, 3.05) is 25.0 Å². The van der Waals surface area contributed by atoms with E-state index < -0.39 is 0 Å². The van der Waals surface area contributed by atoms with Gasteiger partial charge < -0.3 is 20.1 Å². The Labute approximate surface area is 322 Å². The van der Waals surface area contributed by atoms with Crippen molar-refractivity contribution in [3.8, 4) is 17.4 Å². The fourth-order valence-corrected chi connectivity index (χ4v) is 9.43. The van der Waals surface area contributed by atoms with Gasteiger partial charge in [-0.1, -0.05) is 55.8 Å². The maximum Gasteiger partial charge on any atom is 0.264 e. The van der Waals surface area contributed by atoms with E-state index in [1.807, 2.05) is 62.4 Å². The first kappa shape index (κ1) is 37.5. The Bertz CT molecular complexity index is 1860. The number of aromatic nitrogens is 4. The van der Waals surface area contributed by atoms with Crippen molar-refractivity contribution in [1.29, 1.82) is 0 Å². The van der Waals surface area contributed by atoms with Crippen molar-refractivity contribution in [3.63, 3.8) is 0 Å². The molecule has 4 heterocycles. The molecule has 10 nitrogen and oxygen atoms in total. The highest BCUT2D eigenvalue weighted by Crippen LogP contribution is 2.93. The molecule has 0 radical (unpaired) electrons. The van der Waals surface area contributed by atoms with Gasteiger partial charge in [0.25, 0.3) is 5.91 Å². The van der Waals surface area contributed by atoms with Crippen LogP contribution in [0.1, 0.15) is 95.0 Å². The molecule has 3 N–H and O–H groups in total. The zero-order chi connectivity index (χ0) is 37.1. The molecule has 12 heteroatoms. The SMILES string of the molecule is CC.CC1(C)CC(CCCNc2cc(OCc3ccccc3)cc(SNC(=O)c3ccc(-n4ccc(OCCC5C6(CC6)C56CC6)n4)nc3Cl)n2)CN1. The van der Waals surface area contributed by atoms with E-state index in [0.29, 0.717) is 58.3 Å². The molecular formula is C41H52ClN7O3S. The van der Waals surface area contributed by atoms with Crippen LogP contribution in [0.5, 0.6) is 11.6 Å². The normalized spacial score (nSPS) is 19.7. The second-order valence-electron chi connectivity index (χ2n) is 15.3. The lowest BCUT2D eigenvalue weighted by Crippen LogP contribution is -2.31. The number of benzene rings is 1. The zero-order valence-electron chi connectivity index (χ0n) is 31.3. The first-order valence-corrected chi connectivity index (χ1v) is 20.4. The Morgan fingerprint density at radius 3 is 2.47 bits per heavy atom. The van der Waals surface area contributed by atoms with E-state index in [-0.39, 0.29) is 22.2 Å². The van der Waals surface area contributed by atoms with Crippen molar-refractivity contribution in [3.05, 3.63) is 83.1 Å². The molecule has 1 unspecified atom stereocenters. The average molecular weight is 758 g/mol. The van der Waals surface area contributed by atoms with Crippen LogP contribution in [0.4, 0.5) is 5.82 Å². The molecule has 3 aromatic heterocycles. The lowest BCUT2D eigenvalue weighted by atomic mass is 9.94. The molecule has 8 rings (SSSR count). The Morgan fingerprint density at radius 2 is 1.77 bits per heavy atom. The molecule has 2 spiro atoms. The quantitative estimate of drug-likeness (QED) is 0.0586. The first-order chi connectivity index (χ1) is 25.7. The maximum absolute atomic E-state index is 13.3. The maximum atomic E-state index is 13.3. The van der Waals surface area contributed by atoms with Gasteiger partial charge in [0.2, 0.25) is 5.88 Å². The largest absolute Gasteiger partial charge is 0.489 e. The number of carbonyl (C=O) groups excluding carboxylic acids is 1. The average Bonchev–Trinajstić information content (AvgIpc) is 4.12. The van der Waals surface area contributed by atoms with E-state index in [0.717, 1.165) is 55.8 Å². The van der Waals surface area contributed by atoms with Crippen molar-refractivity contribution < 1.29 is 14.3 Å². The summed E-state index contributed by atoms with van der Waals surface area (Å²) in [5.74, 6) is 3.57. The zero-order valence-corrected chi connectivity index (χ0v) is 32.9. The number of fused-ring (bicyclic) bond motifs is 1. The van der Waals surface area contributed by atoms with E-state index in [1.165, 1.54) is 32.1 Å². The summed E-state index contributed by atoms with van der Waals surface area (Å²) in [5.41, 5.74) is 2.91. The number of ether oxygens (including phenoxy) is 2. The smallest absolute Gasteiger partial charge is 0.264 e. The molecule has 1 aliphatic heterocycles. The van der Waals surface area contributed by atoms with Gasteiger partial charge in [-0.05, 0) is 112 Å². The number of halogens is 1. The number of amides is 1. The summed E-state index contributed by atoms with van der Waals surface area (Å²) < 4.78 is 16.6. The van der Waals surface area contributed by atoms with Crippen molar-refractivity contribution in [2.45, 2.75) is 96.2 Å². The minimum Gasteiger partial charge on any atom is -0.489 e. The molecule has 4 aromatic rings. The molecule has 4 aliphatic rings. The third-order valence-corrected chi connectivity index (χ3v) is 12.4. The molecule has 3 saturated carbocycles. The molecule has 1 atom stereocenters. The second kappa shape index (κ2) is 15.9. The number of carbonyl (C=O) groups is 1. The van der Waals surface area contributed by atoms with Gasteiger partial charge in [0, 0.05) is 48.4 Å². The van der Waals surface area contributed by atoms with E-state index in [4.69, 9.17) is 26.1 Å². The lowest BCUT2D eigenvalue weighted by Gasteiger charge is -2.17. The van der Waals surface area contributed by atoms with Gasteiger partial charge in [-0.25, -0.2) is 14.6 Å². The van der Waals surface area contributed by atoms with Gasteiger partial charge in [0.1, 0.15) is 28.4 Å². The summed E-state index contributed by atoms with van der Waals surface area (Å²) in [6, 6.07) is 19.0. The Kier molecular flexibility index (Phi) is 11.2. The van der Waals surface area contributed by atoms with Crippen molar-refractivity contribution in [1.82, 2.24) is 29.8 Å². The fraction of sp³-hybridized carbons (Fsp3) is 0.512. The molecule has 1 saturated heterocycles. The minimum atomic E-state index is -0.379. The Balaban J connectivity index is 0.00000214. The number of nitrogens with zero attached hydrogens (tertiary/aromatic N) is 4. The molecular weight excluding hydrogens is 706 g/mol. The van der Waals surface area contributed by atoms with Gasteiger partial charge in [0.05, 0.1) is 12.2 Å². The molecule has 1 amide bonds. The fourth-order valence-electron chi connectivity index (χ4n) is 8.57. The minimum absolute atomic E-state index is 0.0814. The predicted octanol–water partition coefficient (Wildman–Crippen LogP) is 8.90. The summed E-state index contributed by atoms with van der Waals surface area (Å²) >= 11 is 7.64. The summed E-state index contributed by atoms with van der Waals surface area (Å²) in [7, 11) is 0. The van der Waals surface area contributed by atoms with Crippen LogP contribution < -0.4 is 24.8 Å². The summed E-state index contributed by atoms with van der Waals surface area (Å²) in [6.07, 6.45) is 11.9. The van der Waals surface area contributed by atoms with Crippen LogP contribution in [-0.2, 0) is 6.61 Å². The number of rotatable bonds is 16. The van der Waals surface area contributed by atoms with Crippen LogP contribution >= 0.6 is 23.5 Å². The summed E-state index contributed by atoms with van der Waals surface area (Å²) in [5, 5.41) is 12.3. The first-order valence-electron chi connectivity index (χ1n) is 19.2. The van der Waals surface area contributed by atoms with Crippen molar-refractivity contribution >= 4 is 35.3 Å². The van der Waals surface area contributed by atoms with Crippen LogP contribution in [0.2, 0.25) is 5.15 Å². The Hall–Kier alpha value is -3.80. The molecule has 1 aromatic carbocycles. The van der Waals surface area contributed by atoms with Crippen LogP contribution in [-0.4, -0.2) is 50.9 Å². The number of hydrogen-bond donors (Lipinski definition) is 3. The highest BCUT2D eigenvalue weighted by Gasteiger charge is 2.85. The number of pyridine rings is 2. The third-order valence-electron chi connectivity index (χ3n) is 11.4. The molecule has 3 aliphatic carbocycles. The predicted molar refractivity (Wildman–Crippen MR) is 211 cm³/mol. The summed E-state index contributed by atoms with van der Waals surface area (Å²) in [4.78, 5) is 22.5. The van der Waals surface area contributed by atoms with Gasteiger partial charge in [-0.3, -0.25) is 9.52 Å². The summed E-state index contributed by atoms with van der Waals surface area (Å²) in [6.45, 7) is 11.5. The van der Waals surface area contributed by atoms with Crippen LogP contribution in [0.15, 0.2) is 71.9 Å². The highest BCUT2D eigenvalue weighted by atomic mass is 35.5. The third kappa shape index (κ3) is 8.63. The van der Waals surface area contributed by atoms with Crippen molar-refractivity contribution in [2.24, 2.45) is 22.7 Å². The van der Waals surface area contributed by atoms with Crippen LogP contribution in [0.25, 0.3) is 5.82 Å².